The summed E-state index contributed by atoms with van der Waals surface area (Å²) in [7, 11) is 2.20. The van der Waals surface area contributed by atoms with Crippen LogP contribution in [0.1, 0.15) is 19.8 Å². The molecule has 1 aliphatic rings. The molecule has 1 unspecified atom stereocenters. The van der Waals surface area contributed by atoms with E-state index < -0.39 is 0 Å². The van der Waals surface area contributed by atoms with Crippen LogP contribution in [-0.4, -0.2) is 47.8 Å². The lowest BCUT2D eigenvalue weighted by Gasteiger charge is -2.29. The first kappa shape index (κ1) is 12.3. The Morgan fingerprint density at radius 1 is 1.44 bits per heavy atom. The molecule has 2 rings (SSSR count). The van der Waals surface area contributed by atoms with Crippen LogP contribution in [0.5, 0.6) is 0 Å². The fourth-order valence-electron chi connectivity index (χ4n) is 2.16. The highest BCUT2D eigenvalue weighted by molar-refractivity contribution is 9.11. The number of aromatic nitrogens is 2. The maximum atomic E-state index is 4.23. The molecule has 0 spiro atoms. The van der Waals surface area contributed by atoms with Gasteiger partial charge in [0, 0.05) is 19.1 Å². The third-order valence-electron chi connectivity index (χ3n) is 3.01. The third kappa shape index (κ3) is 2.73. The molecule has 16 heavy (non-hydrogen) atoms. The topological polar surface area (TPSA) is 32.3 Å². The number of halogens is 1. The largest absolute Gasteiger partial charge is 0.342 e. The molecular formula is C10H17BrN4S. The zero-order chi connectivity index (χ0) is 11.5. The number of hydrogen-bond acceptors (Lipinski definition) is 5. The summed E-state index contributed by atoms with van der Waals surface area (Å²) in [6.45, 7) is 5.62. The lowest BCUT2D eigenvalue weighted by Crippen LogP contribution is -2.39. The molecule has 0 saturated carbocycles. The summed E-state index contributed by atoms with van der Waals surface area (Å²) >= 11 is 5.01. The van der Waals surface area contributed by atoms with E-state index in [4.69, 9.17) is 0 Å². The Morgan fingerprint density at radius 2 is 2.25 bits per heavy atom. The molecule has 1 aromatic rings. The van der Waals surface area contributed by atoms with Crippen molar-refractivity contribution >= 4 is 32.4 Å². The zero-order valence-corrected chi connectivity index (χ0v) is 12.1. The zero-order valence-electron chi connectivity index (χ0n) is 9.69. The Balaban J connectivity index is 2.17. The average Bonchev–Trinajstić information content (AvgIpc) is 2.58. The molecule has 0 radical (unpaired) electrons. The molecule has 1 fully saturated rings. The molecule has 1 aliphatic heterocycles. The number of rotatable bonds is 2. The first-order valence-corrected chi connectivity index (χ1v) is 7.26. The second-order valence-electron chi connectivity index (χ2n) is 4.21. The van der Waals surface area contributed by atoms with Crippen molar-refractivity contribution in [3.63, 3.8) is 0 Å². The number of likely N-dealkylation sites (N-methyl/N-ethyl adjacent to an activating group) is 1. The maximum Gasteiger partial charge on any atom is 0.209 e. The van der Waals surface area contributed by atoms with Gasteiger partial charge >= 0.3 is 0 Å². The van der Waals surface area contributed by atoms with Crippen molar-refractivity contribution in [3.05, 3.63) is 3.92 Å². The Kier molecular flexibility index (Phi) is 4.16. The van der Waals surface area contributed by atoms with Crippen molar-refractivity contribution in [2.24, 2.45) is 0 Å². The van der Waals surface area contributed by atoms with E-state index in [0.29, 0.717) is 6.04 Å². The van der Waals surface area contributed by atoms with Crippen molar-refractivity contribution in [1.29, 1.82) is 0 Å². The minimum absolute atomic E-state index is 0.562. The molecule has 6 heteroatoms. The fraction of sp³-hybridized carbons (Fsp3) is 0.800. The Labute approximate surface area is 109 Å². The highest BCUT2D eigenvalue weighted by Crippen LogP contribution is 2.27. The smallest absolute Gasteiger partial charge is 0.209 e. The molecule has 1 saturated heterocycles. The van der Waals surface area contributed by atoms with Gasteiger partial charge in [-0.2, -0.15) is 0 Å². The van der Waals surface area contributed by atoms with E-state index >= 15 is 0 Å². The van der Waals surface area contributed by atoms with Crippen LogP contribution in [0.25, 0.3) is 0 Å². The van der Waals surface area contributed by atoms with Gasteiger partial charge in [-0.3, -0.25) is 0 Å². The molecule has 0 amide bonds. The molecule has 0 aromatic carbocycles. The van der Waals surface area contributed by atoms with Gasteiger partial charge in [0.15, 0.2) is 3.92 Å². The summed E-state index contributed by atoms with van der Waals surface area (Å²) in [5, 5.41) is 9.32. The lowest BCUT2D eigenvalue weighted by molar-refractivity contribution is 0.328. The monoisotopic (exact) mass is 304 g/mol. The molecule has 90 valence electrons. The summed E-state index contributed by atoms with van der Waals surface area (Å²) < 4.78 is 0.870. The van der Waals surface area contributed by atoms with E-state index in [1.807, 2.05) is 0 Å². The van der Waals surface area contributed by atoms with Crippen LogP contribution in [0.2, 0.25) is 0 Å². The highest BCUT2D eigenvalue weighted by Gasteiger charge is 2.24. The van der Waals surface area contributed by atoms with Gasteiger partial charge in [0.05, 0.1) is 0 Å². The van der Waals surface area contributed by atoms with Gasteiger partial charge in [-0.05, 0) is 42.4 Å². The Hall–Kier alpha value is -0.200. The van der Waals surface area contributed by atoms with Crippen LogP contribution < -0.4 is 4.90 Å². The molecule has 0 aliphatic carbocycles. The first-order valence-electron chi connectivity index (χ1n) is 5.65. The van der Waals surface area contributed by atoms with Gasteiger partial charge in [0.2, 0.25) is 5.13 Å². The van der Waals surface area contributed by atoms with E-state index in [0.717, 1.165) is 28.6 Å². The van der Waals surface area contributed by atoms with Crippen LogP contribution in [-0.2, 0) is 0 Å². The molecule has 0 N–H and O–H groups in total. The molecule has 0 bridgehead atoms. The molecule has 2 heterocycles. The summed E-state index contributed by atoms with van der Waals surface area (Å²) in [4.78, 5) is 4.82. The minimum Gasteiger partial charge on any atom is -0.342 e. The average molecular weight is 305 g/mol. The second-order valence-corrected chi connectivity index (χ2v) is 6.44. The van der Waals surface area contributed by atoms with Crippen molar-refractivity contribution in [3.8, 4) is 0 Å². The fourth-order valence-corrected chi connectivity index (χ4v) is 3.34. The van der Waals surface area contributed by atoms with Crippen LogP contribution in [0, 0.1) is 0 Å². The predicted octanol–water partition coefficient (Wildman–Crippen LogP) is 2.22. The summed E-state index contributed by atoms with van der Waals surface area (Å²) in [6.07, 6.45) is 2.35. The quantitative estimate of drug-likeness (QED) is 0.839. The highest BCUT2D eigenvalue weighted by atomic mass is 79.9. The van der Waals surface area contributed by atoms with E-state index in [1.165, 1.54) is 13.0 Å². The van der Waals surface area contributed by atoms with E-state index in [9.17, 15) is 0 Å². The normalized spacial score (nSPS) is 23.4. The summed E-state index contributed by atoms with van der Waals surface area (Å²) in [5.74, 6) is 0. The first-order chi connectivity index (χ1) is 7.70. The molecular weight excluding hydrogens is 288 g/mol. The summed E-state index contributed by atoms with van der Waals surface area (Å²) in [6, 6.07) is 0.562. The van der Waals surface area contributed by atoms with Crippen molar-refractivity contribution in [2.75, 3.05) is 31.6 Å². The summed E-state index contributed by atoms with van der Waals surface area (Å²) in [5.41, 5.74) is 0. The van der Waals surface area contributed by atoms with Crippen molar-refractivity contribution in [2.45, 2.75) is 25.8 Å². The predicted molar refractivity (Wildman–Crippen MR) is 71.1 cm³/mol. The Morgan fingerprint density at radius 3 is 2.88 bits per heavy atom. The van der Waals surface area contributed by atoms with Gasteiger partial charge in [-0.15, -0.1) is 10.2 Å². The second kappa shape index (κ2) is 5.42. The number of nitrogens with zero attached hydrogens (tertiary/aromatic N) is 4. The third-order valence-corrected chi connectivity index (χ3v) is 4.40. The van der Waals surface area contributed by atoms with E-state index in [-0.39, 0.29) is 0 Å². The molecule has 4 nitrogen and oxygen atoms in total. The minimum atomic E-state index is 0.562. The molecule has 1 aromatic heterocycles. The van der Waals surface area contributed by atoms with E-state index in [2.05, 4.69) is 49.9 Å². The van der Waals surface area contributed by atoms with Gasteiger partial charge < -0.3 is 9.80 Å². The molecule has 1 atom stereocenters. The van der Waals surface area contributed by atoms with Gasteiger partial charge in [0.1, 0.15) is 0 Å². The van der Waals surface area contributed by atoms with Crippen LogP contribution >= 0.6 is 27.3 Å². The van der Waals surface area contributed by atoms with Crippen LogP contribution in [0.3, 0.4) is 0 Å². The van der Waals surface area contributed by atoms with Gasteiger partial charge in [-0.1, -0.05) is 18.3 Å². The SMILES string of the molecule is CCC1CN(C)CCCN1c1nnc(Br)s1. The standard InChI is InChI=1S/C10H17BrN4S/c1-3-8-7-14(2)5-4-6-15(8)10-13-12-9(11)16-10/h8H,3-7H2,1-2H3. The van der Waals surface area contributed by atoms with Gasteiger partial charge in [-0.25, -0.2) is 0 Å². The van der Waals surface area contributed by atoms with Crippen molar-refractivity contribution < 1.29 is 0 Å². The Bertz CT molecular complexity index is 343. The number of hydrogen-bond donors (Lipinski definition) is 0. The number of anilines is 1. The van der Waals surface area contributed by atoms with Crippen LogP contribution in [0.15, 0.2) is 3.92 Å². The van der Waals surface area contributed by atoms with Gasteiger partial charge in [0.25, 0.3) is 0 Å². The van der Waals surface area contributed by atoms with E-state index in [1.54, 1.807) is 11.3 Å². The maximum absolute atomic E-state index is 4.23. The van der Waals surface area contributed by atoms with Crippen LogP contribution in [0.4, 0.5) is 5.13 Å². The lowest BCUT2D eigenvalue weighted by atomic mass is 10.2. The van der Waals surface area contributed by atoms with Crippen molar-refractivity contribution in [1.82, 2.24) is 15.1 Å².